The third kappa shape index (κ3) is 3.36. The summed E-state index contributed by atoms with van der Waals surface area (Å²) in [5.41, 5.74) is 4.97. The first kappa shape index (κ1) is 13.6. The van der Waals surface area contributed by atoms with Crippen molar-refractivity contribution in [2.24, 2.45) is 0 Å². The van der Waals surface area contributed by atoms with E-state index in [1.165, 1.54) is 16.7 Å². The fourth-order valence-corrected chi connectivity index (χ4v) is 2.04. The lowest BCUT2D eigenvalue weighted by Gasteiger charge is -2.11. The molecule has 0 radical (unpaired) electrons. The van der Waals surface area contributed by atoms with Gasteiger partial charge in [-0.1, -0.05) is 18.2 Å². The molecule has 19 heavy (non-hydrogen) atoms. The van der Waals surface area contributed by atoms with Gasteiger partial charge in [0.1, 0.15) is 11.5 Å². The van der Waals surface area contributed by atoms with E-state index in [9.17, 15) is 0 Å². The van der Waals surface area contributed by atoms with Crippen LogP contribution >= 0.6 is 0 Å². The summed E-state index contributed by atoms with van der Waals surface area (Å²) in [4.78, 5) is 0. The fourth-order valence-electron chi connectivity index (χ4n) is 2.04. The second-order valence-corrected chi connectivity index (χ2v) is 4.98. The van der Waals surface area contributed by atoms with Crippen LogP contribution in [0.15, 0.2) is 36.4 Å². The zero-order valence-electron chi connectivity index (χ0n) is 12.1. The molecule has 0 amide bonds. The highest BCUT2D eigenvalue weighted by Crippen LogP contribution is 2.27. The molecule has 2 aromatic carbocycles. The summed E-state index contributed by atoms with van der Waals surface area (Å²) in [6, 6.07) is 12.5. The molecule has 2 rings (SSSR count). The lowest BCUT2D eigenvalue weighted by atomic mass is 10.1. The molecule has 0 aromatic heterocycles. The van der Waals surface area contributed by atoms with Gasteiger partial charge >= 0.3 is 0 Å². The van der Waals surface area contributed by atoms with Crippen LogP contribution in [0.4, 0.5) is 0 Å². The van der Waals surface area contributed by atoms with E-state index >= 15 is 0 Å². The van der Waals surface area contributed by atoms with Crippen molar-refractivity contribution in [2.45, 2.75) is 27.3 Å². The Morgan fingerprint density at radius 1 is 0.895 bits per heavy atom. The van der Waals surface area contributed by atoms with Crippen LogP contribution < -0.4 is 10.1 Å². The molecule has 0 heterocycles. The standard InChI is InChI=1S/C17H21NO/c1-12-5-7-16(10-13(12)2)19-17-8-6-15(11-18-4)9-14(17)3/h5-10,18H,11H2,1-4H3. The number of rotatable bonds is 4. The van der Waals surface area contributed by atoms with Gasteiger partial charge in [-0.2, -0.15) is 0 Å². The molecule has 0 unspecified atom stereocenters. The molecular weight excluding hydrogens is 234 g/mol. The Balaban J connectivity index is 2.20. The Morgan fingerprint density at radius 2 is 1.68 bits per heavy atom. The molecule has 0 fully saturated rings. The highest BCUT2D eigenvalue weighted by atomic mass is 16.5. The van der Waals surface area contributed by atoms with Crippen molar-refractivity contribution >= 4 is 0 Å². The van der Waals surface area contributed by atoms with Crippen LogP contribution in [0.2, 0.25) is 0 Å². The Hall–Kier alpha value is -1.80. The zero-order chi connectivity index (χ0) is 13.8. The van der Waals surface area contributed by atoms with Gasteiger partial charge in [-0.3, -0.25) is 0 Å². The third-order valence-electron chi connectivity index (χ3n) is 3.33. The summed E-state index contributed by atoms with van der Waals surface area (Å²) in [5, 5.41) is 3.15. The van der Waals surface area contributed by atoms with E-state index in [1.54, 1.807) is 0 Å². The molecule has 0 spiro atoms. The Bertz CT molecular complexity index is 575. The van der Waals surface area contributed by atoms with E-state index in [4.69, 9.17) is 4.74 Å². The first-order chi connectivity index (χ1) is 9.10. The SMILES string of the molecule is CNCc1ccc(Oc2ccc(C)c(C)c2)c(C)c1. The van der Waals surface area contributed by atoms with Gasteiger partial charge in [0.2, 0.25) is 0 Å². The summed E-state index contributed by atoms with van der Waals surface area (Å²) < 4.78 is 5.96. The van der Waals surface area contributed by atoms with Gasteiger partial charge in [-0.15, -0.1) is 0 Å². The Kier molecular flexibility index (Phi) is 4.23. The first-order valence-corrected chi connectivity index (χ1v) is 6.59. The van der Waals surface area contributed by atoms with Gasteiger partial charge in [0.15, 0.2) is 0 Å². The average molecular weight is 255 g/mol. The lowest BCUT2D eigenvalue weighted by molar-refractivity contribution is 0.478. The second-order valence-electron chi connectivity index (χ2n) is 4.98. The fraction of sp³-hybridized carbons (Fsp3) is 0.294. The highest BCUT2D eigenvalue weighted by Gasteiger charge is 2.04. The summed E-state index contributed by atoms with van der Waals surface area (Å²) in [5.74, 6) is 1.82. The van der Waals surface area contributed by atoms with Gasteiger partial charge < -0.3 is 10.1 Å². The molecule has 0 saturated carbocycles. The van der Waals surface area contributed by atoms with E-state index in [1.807, 2.05) is 19.2 Å². The molecule has 2 nitrogen and oxygen atoms in total. The van der Waals surface area contributed by atoms with Crippen LogP contribution in [-0.4, -0.2) is 7.05 Å². The third-order valence-corrected chi connectivity index (χ3v) is 3.33. The van der Waals surface area contributed by atoms with Crippen LogP contribution in [-0.2, 0) is 6.54 Å². The summed E-state index contributed by atoms with van der Waals surface area (Å²) >= 11 is 0. The first-order valence-electron chi connectivity index (χ1n) is 6.59. The minimum Gasteiger partial charge on any atom is -0.457 e. The van der Waals surface area contributed by atoms with E-state index in [0.29, 0.717) is 0 Å². The van der Waals surface area contributed by atoms with E-state index < -0.39 is 0 Å². The molecule has 0 aliphatic rings. The normalized spacial score (nSPS) is 10.5. The molecule has 1 N–H and O–H groups in total. The van der Waals surface area contributed by atoms with Crippen molar-refractivity contribution in [3.05, 3.63) is 58.7 Å². The number of hydrogen-bond donors (Lipinski definition) is 1. The molecule has 2 aromatic rings. The van der Waals surface area contributed by atoms with Gasteiger partial charge in [0.25, 0.3) is 0 Å². The van der Waals surface area contributed by atoms with Crippen molar-refractivity contribution < 1.29 is 4.74 Å². The van der Waals surface area contributed by atoms with E-state index in [0.717, 1.165) is 23.6 Å². The van der Waals surface area contributed by atoms with Crippen LogP contribution in [0.1, 0.15) is 22.3 Å². The molecule has 0 bridgehead atoms. The monoisotopic (exact) mass is 255 g/mol. The smallest absolute Gasteiger partial charge is 0.130 e. The molecule has 0 saturated heterocycles. The van der Waals surface area contributed by atoms with Crippen molar-refractivity contribution in [1.29, 1.82) is 0 Å². The van der Waals surface area contributed by atoms with Crippen molar-refractivity contribution in [2.75, 3.05) is 7.05 Å². The lowest BCUT2D eigenvalue weighted by Crippen LogP contribution is -2.05. The maximum atomic E-state index is 5.96. The minimum absolute atomic E-state index is 0.880. The molecule has 0 aliphatic carbocycles. The average Bonchev–Trinajstić information content (AvgIpc) is 2.37. The molecule has 2 heteroatoms. The van der Waals surface area contributed by atoms with Crippen LogP contribution in [0.5, 0.6) is 11.5 Å². The predicted molar refractivity (Wildman–Crippen MR) is 79.9 cm³/mol. The largest absolute Gasteiger partial charge is 0.457 e. The summed E-state index contributed by atoms with van der Waals surface area (Å²) in [6.45, 7) is 7.17. The summed E-state index contributed by atoms with van der Waals surface area (Å²) in [6.07, 6.45) is 0. The topological polar surface area (TPSA) is 21.3 Å². The highest BCUT2D eigenvalue weighted by molar-refractivity contribution is 5.41. The minimum atomic E-state index is 0.880. The number of aryl methyl sites for hydroxylation is 3. The number of benzene rings is 2. The van der Waals surface area contributed by atoms with Gasteiger partial charge in [-0.05, 0) is 68.3 Å². The molecular formula is C17H21NO. The predicted octanol–water partition coefficient (Wildman–Crippen LogP) is 4.12. The molecule has 0 aliphatic heterocycles. The second kappa shape index (κ2) is 5.89. The van der Waals surface area contributed by atoms with Crippen LogP contribution in [0.3, 0.4) is 0 Å². The molecule has 100 valence electrons. The van der Waals surface area contributed by atoms with E-state index in [2.05, 4.69) is 50.4 Å². The van der Waals surface area contributed by atoms with Crippen molar-refractivity contribution in [3.8, 4) is 11.5 Å². The Labute approximate surface area is 115 Å². The van der Waals surface area contributed by atoms with Gasteiger partial charge in [-0.25, -0.2) is 0 Å². The van der Waals surface area contributed by atoms with Crippen LogP contribution in [0, 0.1) is 20.8 Å². The number of hydrogen-bond acceptors (Lipinski definition) is 2. The maximum absolute atomic E-state index is 5.96. The zero-order valence-corrected chi connectivity index (χ0v) is 12.1. The van der Waals surface area contributed by atoms with Crippen molar-refractivity contribution in [1.82, 2.24) is 5.32 Å². The van der Waals surface area contributed by atoms with Crippen LogP contribution in [0.25, 0.3) is 0 Å². The molecule has 0 atom stereocenters. The number of nitrogens with one attached hydrogen (secondary N) is 1. The quantitative estimate of drug-likeness (QED) is 0.887. The summed E-state index contributed by atoms with van der Waals surface area (Å²) in [7, 11) is 1.95. The number of ether oxygens (including phenoxy) is 1. The maximum Gasteiger partial charge on any atom is 0.130 e. The Morgan fingerprint density at radius 3 is 2.32 bits per heavy atom. The van der Waals surface area contributed by atoms with E-state index in [-0.39, 0.29) is 0 Å². The van der Waals surface area contributed by atoms with Gasteiger partial charge in [0.05, 0.1) is 0 Å². The van der Waals surface area contributed by atoms with Gasteiger partial charge in [0, 0.05) is 6.54 Å². The van der Waals surface area contributed by atoms with Crippen molar-refractivity contribution in [3.63, 3.8) is 0 Å².